The van der Waals surface area contributed by atoms with E-state index in [1.54, 1.807) is 36.4 Å². The summed E-state index contributed by atoms with van der Waals surface area (Å²) in [5.74, 6) is -1.86. The molecule has 0 atom stereocenters. The standard InChI is InChI=1S/C20H24N2O4/c23-19(24)15-9-3-5-11-17(15)21-13-7-1-2-8-14-22-18-12-6-4-10-16(18)20(25)26/h3-6,9-12,21-22H,1-2,7-8,13-14H2,(H,23,24)(H,25,26). The molecule has 138 valence electrons. The van der Waals surface area contributed by atoms with Crippen molar-refractivity contribution in [3.63, 3.8) is 0 Å². The monoisotopic (exact) mass is 356 g/mol. The lowest BCUT2D eigenvalue weighted by molar-refractivity contribution is 0.0687. The van der Waals surface area contributed by atoms with Gasteiger partial charge in [-0.25, -0.2) is 9.59 Å². The summed E-state index contributed by atoms with van der Waals surface area (Å²) < 4.78 is 0. The normalized spacial score (nSPS) is 10.3. The van der Waals surface area contributed by atoms with Gasteiger partial charge in [-0.2, -0.15) is 0 Å². The highest BCUT2D eigenvalue weighted by Crippen LogP contribution is 2.16. The number of hydrogen-bond acceptors (Lipinski definition) is 4. The molecule has 0 saturated carbocycles. The van der Waals surface area contributed by atoms with Gasteiger partial charge in [0.05, 0.1) is 11.1 Å². The van der Waals surface area contributed by atoms with Crippen LogP contribution in [0.15, 0.2) is 48.5 Å². The number of carbonyl (C=O) groups is 2. The molecule has 2 rings (SSSR count). The zero-order valence-corrected chi connectivity index (χ0v) is 14.6. The van der Waals surface area contributed by atoms with Crippen molar-refractivity contribution in [1.82, 2.24) is 0 Å². The average Bonchev–Trinajstić information content (AvgIpc) is 2.64. The molecule has 6 nitrogen and oxygen atoms in total. The molecule has 0 aliphatic rings. The van der Waals surface area contributed by atoms with Crippen molar-refractivity contribution >= 4 is 23.3 Å². The largest absolute Gasteiger partial charge is 0.478 e. The third-order valence-corrected chi connectivity index (χ3v) is 4.05. The zero-order chi connectivity index (χ0) is 18.8. The third kappa shape index (κ3) is 5.81. The molecular weight excluding hydrogens is 332 g/mol. The number of unbranched alkanes of at least 4 members (excludes halogenated alkanes) is 3. The third-order valence-electron chi connectivity index (χ3n) is 4.05. The molecule has 0 fully saturated rings. The van der Waals surface area contributed by atoms with E-state index in [2.05, 4.69) is 10.6 Å². The Balaban J connectivity index is 1.62. The first-order valence-electron chi connectivity index (χ1n) is 8.72. The molecule has 2 aromatic rings. The Bertz CT molecular complexity index is 683. The number of benzene rings is 2. The number of nitrogens with one attached hydrogen (secondary N) is 2. The summed E-state index contributed by atoms with van der Waals surface area (Å²) in [4.78, 5) is 22.3. The maximum absolute atomic E-state index is 11.1. The van der Waals surface area contributed by atoms with Gasteiger partial charge in [0.2, 0.25) is 0 Å². The zero-order valence-electron chi connectivity index (χ0n) is 14.6. The van der Waals surface area contributed by atoms with Crippen LogP contribution in [0.4, 0.5) is 11.4 Å². The van der Waals surface area contributed by atoms with E-state index in [9.17, 15) is 9.59 Å². The highest BCUT2D eigenvalue weighted by atomic mass is 16.4. The van der Waals surface area contributed by atoms with E-state index in [0.29, 0.717) is 11.4 Å². The van der Waals surface area contributed by atoms with E-state index in [1.165, 1.54) is 0 Å². The van der Waals surface area contributed by atoms with E-state index >= 15 is 0 Å². The summed E-state index contributed by atoms with van der Waals surface area (Å²) in [6, 6.07) is 13.8. The summed E-state index contributed by atoms with van der Waals surface area (Å²) in [7, 11) is 0. The molecule has 0 heterocycles. The fourth-order valence-corrected chi connectivity index (χ4v) is 2.70. The Morgan fingerprint density at radius 2 is 1.04 bits per heavy atom. The van der Waals surface area contributed by atoms with Gasteiger partial charge >= 0.3 is 11.9 Å². The smallest absolute Gasteiger partial charge is 0.337 e. The molecule has 0 aliphatic heterocycles. The maximum Gasteiger partial charge on any atom is 0.337 e. The lowest BCUT2D eigenvalue weighted by Crippen LogP contribution is -2.08. The van der Waals surface area contributed by atoms with Gasteiger partial charge in [0.25, 0.3) is 0 Å². The Labute approximate surface area is 152 Å². The van der Waals surface area contributed by atoms with Gasteiger partial charge in [0.15, 0.2) is 0 Å². The number of para-hydroxylation sites is 2. The first-order chi connectivity index (χ1) is 12.6. The molecule has 0 unspecified atom stereocenters. The average molecular weight is 356 g/mol. The van der Waals surface area contributed by atoms with Crippen LogP contribution in [-0.2, 0) is 0 Å². The number of carboxylic acids is 2. The van der Waals surface area contributed by atoms with Crippen LogP contribution >= 0.6 is 0 Å². The molecule has 0 spiro atoms. The number of rotatable bonds is 11. The molecule has 4 N–H and O–H groups in total. The SMILES string of the molecule is O=C(O)c1ccccc1NCCCCCCNc1ccccc1C(=O)O. The van der Waals surface area contributed by atoms with Crippen LogP contribution in [0.5, 0.6) is 0 Å². The van der Waals surface area contributed by atoms with Crippen molar-refractivity contribution in [3.05, 3.63) is 59.7 Å². The minimum atomic E-state index is -0.930. The second-order valence-corrected chi connectivity index (χ2v) is 5.97. The molecule has 0 amide bonds. The van der Waals surface area contributed by atoms with Crippen LogP contribution in [0.1, 0.15) is 46.4 Å². The quantitative estimate of drug-likeness (QED) is 0.451. The second kappa shape index (κ2) is 10.1. The minimum Gasteiger partial charge on any atom is -0.478 e. The van der Waals surface area contributed by atoms with E-state index in [1.807, 2.05) is 12.1 Å². The fraction of sp³-hybridized carbons (Fsp3) is 0.300. The van der Waals surface area contributed by atoms with Gasteiger partial charge in [-0.1, -0.05) is 37.1 Å². The van der Waals surface area contributed by atoms with Crippen molar-refractivity contribution in [2.24, 2.45) is 0 Å². The highest BCUT2D eigenvalue weighted by molar-refractivity contribution is 5.94. The lowest BCUT2D eigenvalue weighted by atomic mass is 10.1. The molecular formula is C20H24N2O4. The molecule has 0 aliphatic carbocycles. The summed E-state index contributed by atoms with van der Waals surface area (Å²) in [5, 5.41) is 24.6. The summed E-state index contributed by atoms with van der Waals surface area (Å²) in [6.07, 6.45) is 3.92. The van der Waals surface area contributed by atoms with Crippen LogP contribution in [0.2, 0.25) is 0 Å². The number of anilines is 2. The first kappa shape index (κ1) is 19.3. The van der Waals surface area contributed by atoms with Crippen LogP contribution in [0.3, 0.4) is 0 Å². The van der Waals surface area contributed by atoms with Gasteiger partial charge in [0.1, 0.15) is 0 Å². The van der Waals surface area contributed by atoms with Crippen LogP contribution in [0.25, 0.3) is 0 Å². The second-order valence-electron chi connectivity index (χ2n) is 5.97. The molecule has 0 bridgehead atoms. The van der Waals surface area contributed by atoms with Crippen molar-refractivity contribution in [2.45, 2.75) is 25.7 Å². The van der Waals surface area contributed by atoms with Crippen LogP contribution in [0, 0.1) is 0 Å². The van der Waals surface area contributed by atoms with E-state index in [0.717, 1.165) is 38.8 Å². The molecule has 0 saturated heterocycles. The van der Waals surface area contributed by atoms with E-state index in [4.69, 9.17) is 10.2 Å². The van der Waals surface area contributed by atoms with Gasteiger partial charge < -0.3 is 20.8 Å². The predicted octanol–water partition coefficient (Wildman–Crippen LogP) is 4.17. The van der Waals surface area contributed by atoms with Crippen molar-refractivity contribution < 1.29 is 19.8 Å². The summed E-state index contributed by atoms with van der Waals surface area (Å²) in [5.41, 5.74) is 1.86. The lowest BCUT2D eigenvalue weighted by Gasteiger charge is -2.10. The molecule has 0 radical (unpaired) electrons. The topological polar surface area (TPSA) is 98.7 Å². The predicted molar refractivity (Wildman–Crippen MR) is 102 cm³/mol. The summed E-state index contributed by atoms with van der Waals surface area (Å²) >= 11 is 0. The maximum atomic E-state index is 11.1. The number of carboxylic acid groups (broad SMARTS) is 2. The van der Waals surface area contributed by atoms with Gasteiger partial charge in [-0.15, -0.1) is 0 Å². The Kier molecular flexibility index (Phi) is 7.49. The van der Waals surface area contributed by atoms with E-state index in [-0.39, 0.29) is 11.1 Å². The van der Waals surface area contributed by atoms with Crippen LogP contribution < -0.4 is 10.6 Å². The van der Waals surface area contributed by atoms with Crippen molar-refractivity contribution in [2.75, 3.05) is 23.7 Å². The summed E-state index contributed by atoms with van der Waals surface area (Å²) in [6.45, 7) is 1.44. The molecule has 2 aromatic carbocycles. The van der Waals surface area contributed by atoms with Gasteiger partial charge in [-0.3, -0.25) is 0 Å². The molecule has 6 heteroatoms. The Hall–Kier alpha value is -3.02. The number of aromatic carboxylic acids is 2. The van der Waals surface area contributed by atoms with Gasteiger partial charge in [-0.05, 0) is 37.1 Å². The Morgan fingerprint density at radius 1 is 0.654 bits per heavy atom. The van der Waals surface area contributed by atoms with E-state index < -0.39 is 11.9 Å². The molecule has 26 heavy (non-hydrogen) atoms. The highest BCUT2D eigenvalue weighted by Gasteiger charge is 2.08. The van der Waals surface area contributed by atoms with Crippen molar-refractivity contribution in [3.8, 4) is 0 Å². The van der Waals surface area contributed by atoms with Crippen molar-refractivity contribution in [1.29, 1.82) is 0 Å². The first-order valence-corrected chi connectivity index (χ1v) is 8.72. The fourth-order valence-electron chi connectivity index (χ4n) is 2.70. The number of hydrogen-bond donors (Lipinski definition) is 4. The van der Waals surface area contributed by atoms with Gasteiger partial charge in [0, 0.05) is 24.5 Å². The minimum absolute atomic E-state index is 0.286. The Morgan fingerprint density at radius 3 is 1.42 bits per heavy atom. The molecule has 0 aromatic heterocycles. The van der Waals surface area contributed by atoms with Crippen LogP contribution in [-0.4, -0.2) is 35.2 Å².